The molecule has 2 aromatic carbocycles. The molecule has 0 aliphatic carbocycles. The van der Waals surface area contributed by atoms with Crippen LogP contribution in [-0.4, -0.2) is 42.9 Å². The zero-order chi connectivity index (χ0) is 22.5. The maximum absolute atomic E-state index is 13.0. The fourth-order valence-corrected chi connectivity index (χ4v) is 4.19. The minimum absolute atomic E-state index is 0.0103. The van der Waals surface area contributed by atoms with E-state index < -0.39 is 0 Å². The van der Waals surface area contributed by atoms with Crippen LogP contribution in [-0.2, 0) is 16.1 Å². The molecule has 168 valence electrons. The topological polar surface area (TPSA) is 70.1 Å². The fourth-order valence-electron chi connectivity index (χ4n) is 4.19. The molecule has 1 atom stereocenters. The molecule has 0 radical (unpaired) electrons. The van der Waals surface area contributed by atoms with Gasteiger partial charge in [0.15, 0.2) is 0 Å². The molecule has 33 heavy (non-hydrogen) atoms. The van der Waals surface area contributed by atoms with E-state index in [1.807, 2.05) is 71.9 Å². The number of carbonyl (C=O) groups excluding carboxylic acids is 1. The largest absolute Gasteiger partial charge is 0.378 e. The molecule has 1 N–H and O–H groups in total. The van der Waals surface area contributed by atoms with Crippen molar-refractivity contribution in [3.05, 3.63) is 90.1 Å². The van der Waals surface area contributed by atoms with Gasteiger partial charge in [0.2, 0.25) is 0 Å². The van der Waals surface area contributed by atoms with Crippen molar-refractivity contribution in [1.29, 1.82) is 0 Å². The minimum Gasteiger partial charge on any atom is -0.378 e. The highest BCUT2D eigenvalue weighted by molar-refractivity contribution is 6.39. The molecule has 5 rings (SSSR count). The molecular formula is C26H27N5O2. The molecule has 3 heterocycles. The van der Waals surface area contributed by atoms with E-state index in [9.17, 15) is 4.79 Å². The van der Waals surface area contributed by atoms with Crippen LogP contribution in [0.15, 0.2) is 84.1 Å². The first kappa shape index (κ1) is 21.2. The van der Waals surface area contributed by atoms with Crippen LogP contribution in [0.4, 0.5) is 11.5 Å². The van der Waals surface area contributed by atoms with Crippen molar-refractivity contribution in [3.8, 4) is 0 Å². The molecule has 0 spiro atoms. The van der Waals surface area contributed by atoms with Crippen LogP contribution in [0.2, 0.25) is 0 Å². The van der Waals surface area contributed by atoms with Gasteiger partial charge in [0.1, 0.15) is 11.5 Å². The highest BCUT2D eigenvalue weighted by atomic mass is 16.5. The van der Waals surface area contributed by atoms with E-state index in [4.69, 9.17) is 9.84 Å². The molecule has 3 aromatic rings. The van der Waals surface area contributed by atoms with Crippen molar-refractivity contribution in [3.63, 3.8) is 0 Å². The normalized spacial score (nSPS) is 18.2. The van der Waals surface area contributed by atoms with Crippen molar-refractivity contribution < 1.29 is 9.53 Å². The number of hydrazone groups is 1. The predicted molar refractivity (Wildman–Crippen MR) is 129 cm³/mol. The van der Waals surface area contributed by atoms with Gasteiger partial charge in [-0.2, -0.15) is 5.10 Å². The third kappa shape index (κ3) is 4.88. The summed E-state index contributed by atoms with van der Waals surface area (Å²) < 4.78 is 5.40. The summed E-state index contributed by atoms with van der Waals surface area (Å²) >= 11 is 0. The van der Waals surface area contributed by atoms with Crippen molar-refractivity contribution >= 4 is 23.1 Å². The maximum atomic E-state index is 13.0. The fraction of sp³-hybridized carbons (Fsp3) is 0.269. The summed E-state index contributed by atoms with van der Waals surface area (Å²) in [5.74, 6) is 0.796. The summed E-state index contributed by atoms with van der Waals surface area (Å²) in [7, 11) is 0. The lowest BCUT2D eigenvalue weighted by Gasteiger charge is -2.27. The summed E-state index contributed by atoms with van der Waals surface area (Å²) in [5.41, 5.74) is 3.59. The van der Waals surface area contributed by atoms with Gasteiger partial charge >= 0.3 is 0 Å². The van der Waals surface area contributed by atoms with Gasteiger partial charge in [0.25, 0.3) is 5.91 Å². The van der Waals surface area contributed by atoms with Crippen molar-refractivity contribution in [2.45, 2.75) is 19.0 Å². The Kier molecular flexibility index (Phi) is 6.30. The molecule has 1 unspecified atom stereocenters. The molecular weight excluding hydrogens is 414 g/mol. The Morgan fingerprint density at radius 2 is 1.70 bits per heavy atom. The van der Waals surface area contributed by atoms with Crippen LogP contribution in [0.5, 0.6) is 0 Å². The highest BCUT2D eigenvalue weighted by Crippen LogP contribution is 2.35. The first-order valence-electron chi connectivity index (χ1n) is 11.3. The van der Waals surface area contributed by atoms with Gasteiger partial charge in [-0.15, -0.1) is 0 Å². The third-order valence-electron chi connectivity index (χ3n) is 5.97. The summed E-state index contributed by atoms with van der Waals surface area (Å²) in [6.45, 7) is 3.57. The van der Waals surface area contributed by atoms with Crippen LogP contribution < -0.4 is 15.2 Å². The first-order valence-corrected chi connectivity index (χ1v) is 11.3. The predicted octanol–water partition coefficient (Wildman–Crippen LogP) is 3.54. The van der Waals surface area contributed by atoms with Crippen molar-refractivity contribution in [2.24, 2.45) is 5.10 Å². The zero-order valence-corrected chi connectivity index (χ0v) is 18.4. The molecule has 2 aliphatic heterocycles. The Balaban J connectivity index is 1.26. The second-order valence-electron chi connectivity index (χ2n) is 8.16. The molecule has 7 heteroatoms. The summed E-state index contributed by atoms with van der Waals surface area (Å²) in [4.78, 5) is 19.7. The van der Waals surface area contributed by atoms with Gasteiger partial charge in [-0.1, -0.05) is 54.6 Å². The van der Waals surface area contributed by atoms with Crippen LogP contribution in [0, 0.1) is 0 Å². The monoisotopic (exact) mass is 441 g/mol. The lowest BCUT2D eigenvalue weighted by Crippen LogP contribution is -2.36. The third-order valence-corrected chi connectivity index (χ3v) is 5.97. The maximum Gasteiger partial charge on any atom is 0.267 e. The molecule has 2 aliphatic rings. The van der Waals surface area contributed by atoms with E-state index in [2.05, 4.69) is 27.3 Å². The molecule has 7 nitrogen and oxygen atoms in total. The number of benzene rings is 2. The smallest absolute Gasteiger partial charge is 0.267 e. The Morgan fingerprint density at radius 1 is 0.970 bits per heavy atom. The van der Waals surface area contributed by atoms with Crippen LogP contribution in [0.3, 0.4) is 0 Å². The lowest BCUT2D eigenvalue weighted by molar-refractivity contribution is -0.115. The minimum atomic E-state index is -0.147. The number of hydrogen-bond donors (Lipinski definition) is 1. The number of pyridine rings is 1. The second-order valence-corrected chi connectivity index (χ2v) is 8.16. The number of amides is 1. The van der Waals surface area contributed by atoms with E-state index in [1.165, 1.54) is 0 Å². The van der Waals surface area contributed by atoms with Crippen molar-refractivity contribution in [2.75, 3.05) is 36.2 Å². The van der Waals surface area contributed by atoms with E-state index in [-0.39, 0.29) is 11.9 Å². The number of nitrogens with one attached hydrogen (secondary N) is 1. The van der Waals surface area contributed by atoms with E-state index in [1.54, 1.807) is 0 Å². The number of ether oxygens (including phenoxy) is 1. The zero-order valence-electron chi connectivity index (χ0n) is 18.4. The SMILES string of the molecule is O=C(NCc1ccc(N2CCOCC2)nc1)C1=NN(c2ccccc2)C(c2ccccc2)C1. The number of para-hydroxylation sites is 1. The lowest BCUT2D eigenvalue weighted by atomic mass is 10.0. The van der Waals surface area contributed by atoms with Gasteiger partial charge < -0.3 is 15.0 Å². The number of morpholine rings is 1. The number of carbonyl (C=O) groups is 1. The number of hydrogen-bond acceptors (Lipinski definition) is 6. The highest BCUT2D eigenvalue weighted by Gasteiger charge is 2.32. The van der Waals surface area contributed by atoms with Crippen LogP contribution in [0.25, 0.3) is 0 Å². The first-order chi connectivity index (χ1) is 16.3. The number of rotatable bonds is 6. The standard InChI is InChI=1S/C26H27N5O2/c32-26(28-19-20-11-12-25(27-18-20)30-13-15-33-16-14-30)23-17-24(21-7-3-1-4-8-21)31(29-23)22-9-5-2-6-10-22/h1-12,18,24H,13-17,19H2,(H,28,32). The Hall–Kier alpha value is -3.71. The van der Waals surface area contributed by atoms with Gasteiger partial charge in [0, 0.05) is 32.3 Å². The molecule has 0 bridgehead atoms. The molecule has 1 amide bonds. The molecule has 1 aromatic heterocycles. The molecule has 1 fully saturated rings. The van der Waals surface area contributed by atoms with Crippen molar-refractivity contribution in [1.82, 2.24) is 10.3 Å². The number of anilines is 2. The van der Waals surface area contributed by atoms with Gasteiger partial charge in [0.05, 0.1) is 24.9 Å². The van der Waals surface area contributed by atoms with Gasteiger partial charge in [-0.3, -0.25) is 9.80 Å². The summed E-state index contributed by atoms with van der Waals surface area (Å²) in [5, 5.41) is 9.67. The molecule has 1 saturated heterocycles. The Labute approximate surface area is 193 Å². The average Bonchev–Trinajstić information content (AvgIpc) is 3.35. The molecule has 0 saturated carbocycles. The quantitative estimate of drug-likeness (QED) is 0.634. The van der Waals surface area contributed by atoms with Gasteiger partial charge in [-0.25, -0.2) is 4.98 Å². The van der Waals surface area contributed by atoms with E-state index in [0.717, 1.165) is 48.9 Å². The summed E-state index contributed by atoms with van der Waals surface area (Å²) in [6, 6.07) is 24.2. The van der Waals surface area contributed by atoms with Crippen LogP contribution in [0.1, 0.15) is 23.6 Å². The van der Waals surface area contributed by atoms with E-state index >= 15 is 0 Å². The summed E-state index contributed by atoms with van der Waals surface area (Å²) in [6.07, 6.45) is 2.38. The van der Waals surface area contributed by atoms with Crippen LogP contribution >= 0.6 is 0 Å². The number of nitrogens with zero attached hydrogens (tertiary/aromatic N) is 4. The van der Waals surface area contributed by atoms with E-state index in [0.29, 0.717) is 18.7 Å². The van der Waals surface area contributed by atoms with Gasteiger partial charge in [-0.05, 0) is 29.3 Å². The average molecular weight is 442 g/mol. The Bertz CT molecular complexity index is 1100. The second kappa shape index (κ2) is 9.83. The Morgan fingerprint density at radius 3 is 2.39 bits per heavy atom. The number of aromatic nitrogens is 1.